The van der Waals surface area contributed by atoms with E-state index in [2.05, 4.69) is 0 Å². The molecule has 1 aromatic carbocycles. The first-order chi connectivity index (χ1) is 7.82. The van der Waals surface area contributed by atoms with Gasteiger partial charge in [0.05, 0.1) is 0 Å². The second-order valence-corrected chi connectivity index (χ2v) is 3.54. The molecule has 17 heavy (non-hydrogen) atoms. The summed E-state index contributed by atoms with van der Waals surface area (Å²) in [5.74, 6) is -4.55. The Hall–Kier alpha value is -1.59. The van der Waals surface area contributed by atoms with Crippen molar-refractivity contribution in [1.29, 1.82) is 0 Å². The van der Waals surface area contributed by atoms with Crippen LogP contribution in [-0.2, 0) is 5.92 Å². The highest BCUT2D eigenvalue weighted by molar-refractivity contribution is 5.60. The molecule has 1 heterocycles. The molecule has 0 amide bonds. The second-order valence-electron chi connectivity index (χ2n) is 3.54. The van der Waals surface area contributed by atoms with Crippen molar-refractivity contribution in [3.8, 4) is 5.75 Å². The molecule has 0 bridgehead atoms. The smallest absolute Gasteiger partial charge is 0.458 e. The SMILES string of the molecule is FC(F)(F)C(F)(F)c1ccc2c(c1)C=CCO2. The van der Waals surface area contributed by atoms with Crippen molar-refractivity contribution in [1.82, 2.24) is 0 Å². The Morgan fingerprint density at radius 2 is 1.76 bits per heavy atom. The van der Waals surface area contributed by atoms with Gasteiger partial charge in [0.2, 0.25) is 0 Å². The van der Waals surface area contributed by atoms with Crippen molar-refractivity contribution >= 4 is 6.08 Å². The third-order valence-corrected chi connectivity index (χ3v) is 2.36. The van der Waals surface area contributed by atoms with Crippen LogP contribution in [0, 0.1) is 0 Å². The van der Waals surface area contributed by atoms with Crippen LogP contribution in [0.1, 0.15) is 11.1 Å². The number of fused-ring (bicyclic) bond motifs is 1. The molecule has 0 aromatic heterocycles. The Kier molecular flexibility index (Phi) is 2.60. The minimum atomic E-state index is -5.60. The zero-order valence-electron chi connectivity index (χ0n) is 8.39. The van der Waals surface area contributed by atoms with E-state index in [4.69, 9.17) is 4.74 Å². The van der Waals surface area contributed by atoms with Crippen LogP contribution in [0.5, 0.6) is 5.75 Å². The van der Waals surface area contributed by atoms with Gasteiger partial charge in [-0.3, -0.25) is 0 Å². The lowest BCUT2D eigenvalue weighted by Crippen LogP contribution is -2.33. The molecule has 1 aliphatic heterocycles. The summed E-state index contributed by atoms with van der Waals surface area (Å²) in [5.41, 5.74) is -0.864. The van der Waals surface area contributed by atoms with Gasteiger partial charge >= 0.3 is 12.1 Å². The third-order valence-electron chi connectivity index (χ3n) is 2.36. The fraction of sp³-hybridized carbons (Fsp3) is 0.273. The van der Waals surface area contributed by atoms with Gasteiger partial charge in [0.15, 0.2) is 0 Å². The van der Waals surface area contributed by atoms with Crippen LogP contribution in [0.4, 0.5) is 22.0 Å². The number of hydrogen-bond donors (Lipinski definition) is 0. The van der Waals surface area contributed by atoms with Crippen molar-refractivity contribution in [3.63, 3.8) is 0 Å². The van der Waals surface area contributed by atoms with E-state index >= 15 is 0 Å². The van der Waals surface area contributed by atoms with Gasteiger partial charge in [-0.25, -0.2) is 0 Å². The van der Waals surface area contributed by atoms with Crippen molar-refractivity contribution in [2.75, 3.05) is 6.61 Å². The number of rotatable bonds is 1. The lowest BCUT2D eigenvalue weighted by atomic mass is 10.0. The van der Waals surface area contributed by atoms with Crippen molar-refractivity contribution in [2.45, 2.75) is 12.1 Å². The average molecular weight is 250 g/mol. The molecule has 0 saturated carbocycles. The summed E-state index contributed by atoms with van der Waals surface area (Å²) in [6.07, 6.45) is -2.60. The van der Waals surface area contributed by atoms with Crippen molar-refractivity contribution < 1.29 is 26.7 Å². The fourth-order valence-corrected chi connectivity index (χ4v) is 1.48. The van der Waals surface area contributed by atoms with E-state index in [0.29, 0.717) is 5.75 Å². The van der Waals surface area contributed by atoms with Gasteiger partial charge in [-0.15, -0.1) is 0 Å². The molecule has 0 spiro atoms. The molecule has 0 atom stereocenters. The Balaban J connectivity index is 2.45. The highest BCUT2D eigenvalue weighted by atomic mass is 19.4. The number of hydrogen-bond acceptors (Lipinski definition) is 1. The van der Waals surface area contributed by atoms with E-state index in [0.717, 1.165) is 18.2 Å². The van der Waals surface area contributed by atoms with Crippen LogP contribution < -0.4 is 4.74 Å². The molecule has 92 valence electrons. The molecule has 0 aliphatic carbocycles. The predicted molar refractivity (Wildman–Crippen MR) is 50.9 cm³/mol. The summed E-state index contributed by atoms with van der Waals surface area (Å²) in [4.78, 5) is 0. The van der Waals surface area contributed by atoms with E-state index < -0.39 is 17.7 Å². The summed E-state index contributed by atoms with van der Waals surface area (Å²) in [6.45, 7) is 0.280. The highest BCUT2D eigenvalue weighted by Gasteiger charge is 2.58. The molecule has 0 saturated heterocycles. The summed E-state index contributed by atoms with van der Waals surface area (Å²) < 4.78 is 67.6. The molecule has 2 rings (SSSR count). The molecule has 0 fully saturated rings. The zero-order chi connectivity index (χ0) is 12.7. The lowest BCUT2D eigenvalue weighted by molar-refractivity contribution is -0.289. The maximum atomic E-state index is 13.0. The molecular formula is C11H7F5O. The van der Waals surface area contributed by atoms with Crippen LogP contribution in [0.25, 0.3) is 6.08 Å². The highest BCUT2D eigenvalue weighted by Crippen LogP contribution is 2.44. The molecule has 1 aliphatic rings. The second kappa shape index (κ2) is 3.72. The summed E-state index contributed by atoms with van der Waals surface area (Å²) in [6, 6.07) is 2.64. The third kappa shape index (κ3) is 1.99. The van der Waals surface area contributed by atoms with Crippen LogP contribution >= 0.6 is 0 Å². The minimum absolute atomic E-state index is 0.220. The number of halogens is 5. The van der Waals surface area contributed by atoms with Gasteiger partial charge < -0.3 is 4.74 Å². The normalized spacial score (nSPS) is 15.4. The van der Waals surface area contributed by atoms with E-state index in [1.54, 1.807) is 0 Å². The zero-order valence-corrected chi connectivity index (χ0v) is 8.39. The minimum Gasteiger partial charge on any atom is -0.489 e. The topological polar surface area (TPSA) is 9.23 Å². The number of benzene rings is 1. The Bertz CT molecular complexity index is 461. The Labute approximate surface area is 93.5 Å². The average Bonchev–Trinajstić information content (AvgIpc) is 2.27. The summed E-state index contributed by atoms with van der Waals surface area (Å²) in [5, 5.41) is 0. The molecule has 1 aromatic rings. The van der Waals surface area contributed by atoms with E-state index in [9.17, 15) is 22.0 Å². The summed E-state index contributed by atoms with van der Waals surface area (Å²) in [7, 11) is 0. The van der Waals surface area contributed by atoms with Gasteiger partial charge in [-0.05, 0) is 24.3 Å². The van der Waals surface area contributed by atoms with Gasteiger partial charge in [-0.2, -0.15) is 22.0 Å². The largest absolute Gasteiger partial charge is 0.489 e. The molecule has 0 N–H and O–H groups in total. The first kappa shape index (κ1) is 11.9. The van der Waals surface area contributed by atoms with Gasteiger partial charge in [0.1, 0.15) is 12.4 Å². The number of ether oxygens (including phenoxy) is 1. The molecular weight excluding hydrogens is 243 g/mol. The maximum absolute atomic E-state index is 13.0. The van der Waals surface area contributed by atoms with Crippen LogP contribution in [0.3, 0.4) is 0 Å². The summed E-state index contributed by atoms with van der Waals surface area (Å²) >= 11 is 0. The first-order valence-electron chi connectivity index (χ1n) is 4.71. The quantitative estimate of drug-likeness (QED) is 0.690. The lowest BCUT2D eigenvalue weighted by Gasteiger charge is -2.21. The monoisotopic (exact) mass is 250 g/mol. The Morgan fingerprint density at radius 3 is 2.41 bits per heavy atom. The van der Waals surface area contributed by atoms with Gasteiger partial charge in [-0.1, -0.05) is 6.08 Å². The van der Waals surface area contributed by atoms with Crippen LogP contribution in [0.15, 0.2) is 24.3 Å². The molecule has 0 unspecified atom stereocenters. The van der Waals surface area contributed by atoms with Gasteiger partial charge in [0, 0.05) is 11.1 Å². The fourth-order valence-electron chi connectivity index (χ4n) is 1.48. The van der Waals surface area contributed by atoms with Crippen LogP contribution in [0.2, 0.25) is 0 Å². The maximum Gasteiger partial charge on any atom is 0.458 e. The standard InChI is InChI=1S/C11H7F5O/c12-10(13,11(14,15)16)8-3-4-9-7(6-8)2-1-5-17-9/h1-4,6H,5H2. The van der Waals surface area contributed by atoms with Crippen molar-refractivity contribution in [3.05, 3.63) is 35.4 Å². The van der Waals surface area contributed by atoms with Crippen molar-refractivity contribution in [2.24, 2.45) is 0 Å². The molecule has 1 nitrogen and oxygen atoms in total. The van der Waals surface area contributed by atoms with E-state index in [1.165, 1.54) is 12.2 Å². The van der Waals surface area contributed by atoms with Gasteiger partial charge in [0.25, 0.3) is 0 Å². The number of alkyl halides is 5. The molecule has 6 heteroatoms. The van der Waals surface area contributed by atoms with E-state index in [1.807, 2.05) is 0 Å². The first-order valence-corrected chi connectivity index (χ1v) is 4.71. The van der Waals surface area contributed by atoms with E-state index in [-0.39, 0.29) is 12.2 Å². The Morgan fingerprint density at radius 1 is 1.06 bits per heavy atom. The molecule has 0 radical (unpaired) electrons. The predicted octanol–water partition coefficient (Wildman–Crippen LogP) is 3.75. The van der Waals surface area contributed by atoms with Crippen LogP contribution in [-0.4, -0.2) is 12.8 Å².